The summed E-state index contributed by atoms with van der Waals surface area (Å²) >= 11 is 0. The zero-order valence-corrected chi connectivity index (χ0v) is 16.2. The van der Waals surface area contributed by atoms with Gasteiger partial charge in [-0.1, -0.05) is 0 Å². The van der Waals surface area contributed by atoms with Gasteiger partial charge in [-0.2, -0.15) is 12.8 Å². The van der Waals surface area contributed by atoms with Gasteiger partial charge in [0.1, 0.15) is 12.2 Å². The van der Waals surface area contributed by atoms with E-state index in [1.165, 1.54) is 0 Å². The van der Waals surface area contributed by atoms with E-state index in [9.17, 15) is 48.3 Å². The number of esters is 1. The Morgan fingerprint density at radius 2 is 1.34 bits per heavy atom. The van der Waals surface area contributed by atoms with Gasteiger partial charge in [-0.05, 0) is 6.07 Å². The molecule has 2 aromatic carbocycles. The molecular weight excluding hydrogens is 488 g/mol. The molecule has 2 N–H and O–H groups in total. The number of hydrogen-bond acceptors (Lipinski definition) is 6. The highest BCUT2D eigenvalue weighted by Gasteiger charge is 2.32. The number of aliphatic hydroxyl groups is 1. The first-order valence-electron chi connectivity index (χ1n) is 7.68. The lowest BCUT2D eigenvalue weighted by Crippen LogP contribution is -2.12. The lowest BCUT2D eigenvalue weighted by atomic mass is 10.2. The highest BCUT2D eigenvalue weighted by Crippen LogP contribution is 2.28. The van der Waals surface area contributed by atoms with Crippen molar-refractivity contribution in [1.29, 1.82) is 0 Å². The Morgan fingerprint density at radius 3 is 1.75 bits per heavy atom. The summed E-state index contributed by atoms with van der Waals surface area (Å²) in [5.41, 5.74) is -0.797. The largest absolute Gasteiger partial charge is 0.491 e. The van der Waals surface area contributed by atoms with Crippen LogP contribution in [0.15, 0.2) is 11.0 Å². The molecule has 2 rings (SSSR count). The van der Waals surface area contributed by atoms with Crippen molar-refractivity contribution in [2.24, 2.45) is 0 Å². The third-order valence-corrected chi connectivity index (χ3v) is 4.17. The van der Waals surface area contributed by atoms with Crippen LogP contribution in [0.3, 0.4) is 0 Å². The van der Waals surface area contributed by atoms with E-state index < -0.39 is 85.4 Å². The molecule has 0 heterocycles. The number of ether oxygens (including phenoxy) is 2. The molecule has 0 saturated carbocycles. The number of rotatable bonds is 5. The molecule has 0 bridgehead atoms. The first-order valence-corrected chi connectivity index (χ1v) is 9.12. The monoisotopic (exact) mass is 498 g/mol. The number of methoxy groups -OCH3 is 1. The van der Waals surface area contributed by atoms with Crippen LogP contribution in [-0.4, -0.2) is 44.4 Å². The Labute approximate surface area is 173 Å². The Balaban J connectivity index is 0.000000323. The number of aliphatic hydroxyl groups excluding tert-OH is 1. The second-order valence-corrected chi connectivity index (χ2v) is 6.66. The first kappa shape index (κ1) is 27.1. The zero-order valence-electron chi connectivity index (χ0n) is 15.4. The molecule has 0 saturated heterocycles. The van der Waals surface area contributed by atoms with Gasteiger partial charge < -0.3 is 14.6 Å². The SMILES string of the molecule is COc1c(F)c(F)cc(C(=O)OCCO)c1F.O=S(=O)(O)c1c(F)c(F)c(F)c(F)c1F. The molecule has 0 aromatic heterocycles. The molecule has 2 aromatic rings. The van der Waals surface area contributed by atoms with Crippen LogP contribution in [0.25, 0.3) is 0 Å². The number of halogens is 8. The predicted octanol–water partition coefficient (Wildman–Crippen LogP) is 2.89. The maximum absolute atomic E-state index is 13.5. The van der Waals surface area contributed by atoms with Crippen LogP contribution in [0.4, 0.5) is 35.1 Å². The predicted molar refractivity (Wildman–Crippen MR) is 86.3 cm³/mol. The minimum absolute atomic E-state index is 0.368. The second kappa shape index (κ2) is 10.6. The van der Waals surface area contributed by atoms with Gasteiger partial charge in [-0.25, -0.2) is 35.5 Å². The minimum atomic E-state index is -5.52. The average Bonchev–Trinajstić information content (AvgIpc) is 2.71. The van der Waals surface area contributed by atoms with E-state index in [0.717, 1.165) is 7.11 Å². The van der Waals surface area contributed by atoms with E-state index in [4.69, 9.17) is 9.66 Å². The molecule has 0 amide bonds. The lowest BCUT2D eigenvalue weighted by molar-refractivity contribution is 0.0426. The van der Waals surface area contributed by atoms with Crippen molar-refractivity contribution < 1.29 is 67.5 Å². The highest BCUT2D eigenvalue weighted by molar-refractivity contribution is 7.85. The Hall–Kier alpha value is -2.98. The Morgan fingerprint density at radius 1 is 0.875 bits per heavy atom. The van der Waals surface area contributed by atoms with Gasteiger partial charge in [-0.15, -0.1) is 0 Å². The van der Waals surface area contributed by atoms with Gasteiger partial charge in [0.25, 0.3) is 0 Å². The molecule has 0 aliphatic heterocycles. The summed E-state index contributed by atoms with van der Waals surface area (Å²) in [5.74, 6) is -19.1. The molecule has 0 aliphatic rings. The zero-order chi connectivity index (χ0) is 25.0. The fraction of sp³-hybridized carbons (Fsp3) is 0.188. The smallest absolute Gasteiger partial charge is 0.341 e. The van der Waals surface area contributed by atoms with Gasteiger partial charge in [0.15, 0.2) is 45.5 Å². The van der Waals surface area contributed by atoms with Crippen LogP contribution >= 0.6 is 0 Å². The van der Waals surface area contributed by atoms with Crippen LogP contribution in [0.5, 0.6) is 5.75 Å². The summed E-state index contributed by atoms with van der Waals surface area (Å²) in [6.45, 7) is -0.840. The van der Waals surface area contributed by atoms with Crippen molar-refractivity contribution in [1.82, 2.24) is 0 Å². The minimum Gasteiger partial charge on any atom is -0.491 e. The van der Waals surface area contributed by atoms with Crippen LogP contribution in [0.1, 0.15) is 10.4 Å². The molecule has 0 spiro atoms. The Kier molecular flexibility index (Phi) is 8.93. The molecule has 0 radical (unpaired) electrons. The fourth-order valence-electron chi connectivity index (χ4n) is 1.94. The maximum atomic E-state index is 13.5. The van der Waals surface area contributed by atoms with Gasteiger partial charge in [0.2, 0.25) is 11.6 Å². The molecule has 0 unspecified atom stereocenters. The molecule has 16 heteroatoms. The lowest BCUT2D eigenvalue weighted by Gasteiger charge is -2.09. The Bertz CT molecular complexity index is 1110. The summed E-state index contributed by atoms with van der Waals surface area (Å²) in [6.07, 6.45) is 0. The van der Waals surface area contributed by atoms with Crippen molar-refractivity contribution in [3.8, 4) is 5.75 Å². The van der Waals surface area contributed by atoms with Crippen molar-refractivity contribution >= 4 is 16.1 Å². The van der Waals surface area contributed by atoms with Crippen LogP contribution in [0.2, 0.25) is 0 Å². The molecule has 0 fully saturated rings. The summed E-state index contributed by atoms with van der Waals surface area (Å²) in [6, 6.07) is 0.368. The third kappa shape index (κ3) is 5.63. The van der Waals surface area contributed by atoms with E-state index in [2.05, 4.69) is 9.47 Å². The van der Waals surface area contributed by atoms with Gasteiger partial charge in [0, 0.05) is 0 Å². The summed E-state index contributed by atoms with van der Waals surface area (Å²) in [7, 11) is -4.59. The quantitative estimate of drug-likeness (QED) is 0.215. The van der Waals surface area contributed by atoms with Gasteiger partial charge >= 0.3 is 16.1 Å². The van der Waals surface area contributed by atoms with Crippen molar-refractivity contribution in [2.75, 3.05) is 20.3 Å². The topological polar surface area (TPSA) is 110 Å². The van der Waals surface area contributed by atoms with E-state index >= 15 is 0 Å². The van der Waals surface area contributed by atoms with Crippen LogP contribution < -0.4 is 4.74 Å². The first-order chi connectivity index (χ1) is 14.7. The number of hydrogen-bond donors (Lipinski definition) is 2. The molecule has 0 atom stereocenters. The summed E-state index contributed by atoms with van der Waals surface area (Å²) < 4.78 is 140. The molecule has 32 heavy (non-hydrogen) atoms. The van der Waals surface area contributed by atoms with E-state index in [-0.39, 0.29) is 6.61 Å². The number of benzene rings is 2. The molecule has 0 aliphatic carbocycles. The normalized spacial score (nSPS) is 11.0. The fourth-order valence-corrected chi connectivity index (χ4v) is 2.57. The van der Waals surface area contributed by atoms with Crippen LogP contribution in [-0.2, 0) is 14.9 Å². The number of carbonyl (C=O) groups is 1. The van der Waals surface area contributed by atoms with Crippen LogP contribution in [0, 0.1) is 46.5 Å². The van der Waals surface area contributed by atoms with Crippen molar-refractivity contribution in [3.63, 3.8) is 0 Å². The van der Waals surface area contributed by atoms with Crippen molar-refractivity contribution in [3.05, 3.63) is 58.2 Å². The van der Waals surface area contributed by atoms with Gasteiger partial charge in [-0.3, -0.25) is 4.55 Å². The molecular formula is C16H10F8O7S. The van der Waals surface area contributed by atoms with Crippen molar-refractivity contribution in [2.45, 2.75) is 4.90 Å². The number of carbonyl (C=O) groups excluding carboxylic acids is 1. The van der Waals surface area contributed by atoms with E-state index in [1.54, 1.807) is 0 Å². The molecule has 178 valence electrons. The summed E-state index contributed by atoms with van der Waals surface area (Å²) in [5, 5.41) is 8.40. The standard InChI is InChI=1S/C10H9F3O4.C6HF5O3S/c1-16-9-7(12)5(4-6(11)8(9)13)10(15)17-3-2-14;7-1-2(8)4(10)6(15(12,13)14)5(11)3(1)9/h4,14H,2-3H2,1H3;(H,12,13,14). The van der Waals surface area contributed by atoms with Gasteiger partial charge in [0.05, 0.1) is 13.7 Å². The summed E-state index contributed by atoms with van der Waals surface area (Å²) in [4.78, 5) is 8.97. The average molecular weight is 498 g/mol. The third-order valence-electron chi connectivity index (χ3n) is 3.29. The highest BCUT2D eigenvalue weighted by atomic mass is 32.2. The molecule has 7 nitrogen and oxygen atoms in total. The second-order valence-electron chi connectivity index (χ2n) is 5.30. The van der Waals surface area contributed by atoms with E-state index in [1.807, 2.05) is 0 Å². The van der Waals surface area contributed by atoms with E-state index in [0.29, 0.717) is 6.07 Å². The maximum Gasteiger partial charge on any atom is 0.341 e.